The molecular formula is C14H16N4O. The normalized spacial score (nSPS) is 13.0. The number of imidazole rings is 1. The third-order valence-electron chi connectivity index (χ3n) is 3.32. The van der Waals surface area contributed by atoms with Gasteiger partial charge in [0, 0.05) is 0 Å². The van der Waals surface area contributed by atoms with Crippen molar-refractivity contribution < 1.29 is 4.42 Å². The van der Waals surface area contributed by atoms with Crippen LogP contribution in [0.2, 0.25) is 0 Å². The molecule has 0 saturated carbocycles. The number of nitrogens with zero attached hydrogens (tertiary/aromatic N) is 3. The van der Waals surface area contributed by atoms with Crippen molar-refractivity contribution in [1.29, 1.82) is 0 Å². The summed E-state index contributed by atoms with van der Waals surface area (Å²) < 4.78 is 7.57. The molecule has 2 aromatic heterocycles. The number of rotatable bonds is 2. The van der Waals surface area contributed by atoms with Crippen molar-refractivity contribution in [3.8, 4) is 0 Å². The van der Waals surface area contributed by atoms with Crippen LogP contribution in [0.3, 0.4) is 0 Å². The van der Waals surface area contributed by atoms with Crippen LogP contribution in [0.15, 0.2) is 28.8 Å². The van der Waals surface area contributed by atoms with Gasteiger partial charge in [0.1, 0.15) is 11.8 Å². The van der Waals surface area contributed by atoms with Crippen LogP contribution in [0.4, 0.5) is 5.95 Å². The molecule has 5 heteroatoms. The van der Waals surface area contributed by atoms with Gasteiger partial charge in [0.05, 0.1) is 17.2 Å². The maximum absolute atomic E-state index is 6.05. The number of nitrogen functional groups attached to an aromatic ring is 1. The summed E-state index contributed by atoms with van der Waals surface area (Å²) in [6.45, 7) is 5.94. The topological polar surface area (TPSA) is 69.9 Å². The lowest BCUT2D eigenvalue weighted by Crippen LogP contribution is -2.11. The Morgan fingerprint density at radius 3 is 2.79 bits per heavy atom. The zero-order valence-electron chi connectivity index (χ0n) is 11.2. The molecule has 5 nitrogen and oxygen atoms in total. The van der Waals surface area contributed by atoms with Crippen LogP contribution in [0.5, 0.6) is 0 Å². The van der Waals surface area contributed by atoms with E-state index in [1.165, 1.54) is 0 Å². The molecule has 1 atom stereocenters. The number of hydrogen-bond acceptors (Lipinski definition) is 4. The molecule has 98 valence electrons. The number of para-hydroxylation sites is 1. The Bertz CT molecular complexity index is 741. The molecule has 0 radical (unpaired) electrons. The third-order valence-corrected chi connectivity index (χ3v) is 3.32. The molecule has 19 heavy (non-hydrogen) atoms. The third kappa shape index (κ3) is 1.78. The second-order valence-corrected chi connectivity index (χ2v) is 4.77. The van der Waals surface area contributed by atoms with Gasteiger partial charge in [0.15, 0.2) is 0 Å². The molecule has 0 aliphatic heterocycles. The van der Waals surface area contributed by atoms with Crippen LogP contribution in [0, 0.1) is 13.8 Å². The minimum Gasteiger partial charge on any atom is -0.444 e. The standard InChI is InChI=1S/C14H16N4O/c1-8-5-4-6-11-12(8)18(14(15)17-11)10(3)13-16-7-9(2)19-13/h4-7,10H,1-3H3,(H2,15,17). The van der Waals surface area contributed by atoms with E-state index in [1.54, 1.807) is 6.20 Å². The number of nitrogens with two attached hydrogens (primary N) is 1. The Morgan fingerprint density at radius 2 is 2.11 bits per heavy atom. The Kier molecular flexibility index (Phi) is 2.55. The molecule has 3 aromatic rings. The summed E-state index contributed by atoms with van der Waals surface area (Å²) in [5.41, 5.74) is 9.11. The Labute approximate surface area is 111 Å². The highest BCUT2D eigenvalue weighted by Gasteiger charge is 2.20. The lowest BCUT2D eigenvalue weighted by molar-refractivity contribution is 0.421. The van der Waals surface area contributed by atoms with Crippen molar-refractivity contribution in [2.24, 2.45) is 0 Å². The van der Waals surface area contributed by atoms with Crippen LogP contribution in [0.1, 0.15) is 30.2 Å². The maximum atomic E-state index is 6.05. The first-order valence-electron chi connectivity index (χ1n) is 6.23. The van der Waals surface area contributed by atoms with Gasteiger partial charge in [-0.1, -0.05) is 12.1 Å². The molecule has 0 amide bonds. The summed E-state index contributed by atoms with van der Waals surface area (Å²) in [6, 6.07) is 5.91. The van der Waals surface area contributed by atoms with E-state index in [1.807, 2.05) is 43.5 Å². The summed E-state index contributed by atoms with van der Waals surface area (Å²) in [4.78, 5) is 8.68. The smallest absolute Gasteiger partial charge is 0.217 e. The molecule has 0 saturated heterocycles. The largest absolute Gasteiger partial charge is 0.444 e. The van der Waals surface area contributed by atoms with E-state index in [-0.39, 0.29) is 6.04 Å². The van der Waals surface area contributed by atoms with Crippen molar-refractivity contribution in [2.45, 2.75) is 26.8 Å². The summed E-state index contributed by atoms with van der Waals surface area (Å²) in [7, 11) is 0. The first kappa shape index (κ1) is 11.8. The van der Waals surface area contributed by atoms with Crippen molar-refractivity contribution in [3.05, 3.63) is 41.6 Å². The Balaban J connectivity index is 2.22. The van der Waals surface area contributed by atoms with Gasteiger partial charge in [0.25, 0.3) is 0 Å². The fraction of sp³-hybridized carbons (Fsp3) is 0.286. The van der Waals surface area contributed by atoms with Crippen molar-refractivity contribution >= 4 is 17.0 Å². The molecule has 2 N–H and O–H groups in total. The van der Waals surface area contributed by atoms with E-state index in [4.69, 9.17) is 10.2 Å². The average molecular weight is 256 g/mol. The SMILES string of the molecule is Cc1cnc(C(C)n2c(N)nc3cccc(C)c32)o1. The van der Waals surface area contributed by atoms with Crippen LogP contribution in [-0.4, -0.2) is 14.5 Å². The molecule has 0 aliphatic rings. The number of fused-ring (bicyclic) bond motifs is 1. The highest BCUT2D eigenvalue weighted by Crippen LogP contribution is 2.28. The highest BCUT2D eigenvalue weighted by atomic mass is 16.4. The Hall–Kier alpha value is -2.30. The van der Waals surface area contributed by atoms with Gasteiger partial charge in [-0.25, -0.2) is 9.97 Å². The fourth-order valence-corrected chi connectivity index (χ4v) is 2.41. The van der Waals surface area contributed by atoms with Gasteiger partial charge in [-0.15, -0.1) is 0 Å². The Morgan fingerprint density at radius 1 is 1.32 bits per heavy atom. The summed E-state index contributed by atoms with van der Waals surface area (Å²) >= 11 is 0. The van der Waals surface area contributed by atoms with Crippen molar-refractivity contribution in [3.63, 3.8) is 0 Å². The van der Waals surface area contributed by atoms with E-state index in [2.05, 4.69) is 9.97 Å². The van der Waals surface area contributed by atoms with Gasteiger partial charge in [-0.3, -0.25) is 4.57 Å². The number of aromatic nitrogens is 3. The van der Waals surface area contributed by atoms with E-state index >= 15 is 0 Å². The lowest BCUT2D eigenvalue weighted by atomic mass is 10.2. The molecule has 0 aliphatic carbocycles. The van der Waals surface area contributed by atoms with E-state index in [0.29, 0.717) is 11.8 Å². The summed E-state index contributed by atoms with van der Waals surface area (Å²) in [5, 5.41) is 0. The van der Waals surface area contributed by atoms with Gasteiger partial charge in [0.2, 0.25) is 11.8 Å². The van der Waals surface area contributed by atoms with Crippen LogP contribution >= 0.6 is 0 Å². The zero-order valence-corrected chi connectivity index (χ0v) is 11.2. The molecule has 0 spiro atoms. The molecule has 1 unspecified atom stereocenters. The number of oxazole rings is 1. The van der Waals surface area contributed by atoms with Gasteiger partial charge in [-0.2, -0.15) is 0 Å². The van der Waals surface area contributed by atoms with Crippen molar-refractivity contribution in [2.75, 3.05) is 5.73 Å². The molecule has 0 bridgehead atoms. The predicted octanol–water partition coefficient (Wildman–Crippen LogP) is 2.83. The second kappa shape index (κ2) is 4.12. The number of anilines is 1. The quantitative estimate of drug-likeness (QED) is 0.765. The molecular weight excluding hydrogens is 240 g/mol. The van der Waals surface area contributed by atoms with Gasteiger partial charge >= 0.3 is 0 Å². The monoisotopic (exact) mass is 256 g/mol. The first-order chi connectivity index (χ1) is 9.08. The lowest BCUT2D eigenvalue weighted by Gasteiger charge is -2.13. The van der Waals surface area contributed by atoms with Crippen LogP contribution in [-0.2, 0) is 0 Å². The first-order valence-corrected chi connectivity index (χ1v) is 6.23. The second-order valence-electron chi connectivity index (χ2n) is 4.77. The van der Waals surface area contributed by atoms with Gasteiger partial charge < -0.3 is 10.2 Å². The van der Waals surface area contributed by atoms with E-state index in [9.17, 15) is 0 Å². The maximum Gasteiger partial charge on any atom is 0.217 e. The minimum atomic E-state index is -0.0835. The number of benzene rings is 1. The highest BCUT2D eigenvalue weighted by molar-refractivity contribution is 5.81. The predicted molar refractivity (Wildman–Crippen MR) is 73.9 cm³/mol. The van der Waals surface area contributed by atoms with E-state index < -0.39 is 0 Å². The van der Waals surface area contributed by atoms with Crippen LogP contribution < -0.4 is 5.73 Å². The number of hydrogen-bond donors (Lipinski definition) is 1. The molecule has 1 aromatic carbocycles. The fourth-order valence-electron chi connectivity index (χ4n) is 2.41. The summed E-state index contributed by atoms with van der Waals surface area (Å²) in [5.74, 6) is 1.92. The van der Waals surface area contributed by atoms with Crippen LogP contribution in [0.25, 0.3) is 11.0 Å². The average Bonchev–Trinajstić information content (AvgIpc) is 2.92. The molecule has 3 rings (SSSR count). The summed E-state index contributed by atoms with van der Waals surface area (Å²) in [6.07, 6.45) is 1.72. The van der Waals surface area contributed by atoms with Crippen molar-refractivity contribution in [1.82, 2.24) is 14.5 Å². The zero-order chi connectivity index (χ0) is 13.6. The van der Waals surface area contributed by atoms with E-state index in [0.717, 1.165) is 22.4 Å². The number of aryl methyl sites for hydroxylation is 2. The minimum absolute atomic E-state index is 0.0835. The molecule has 2 heterocycles. The molecule has 0 fully saturated rings. The van der Waals surface area contributed by atoms with Gasteiger partial charge in [-0.05, 0) is 32.4 Å².